The zero-order chi connectivity index (χ0) is 24.9. The molecular formula is C26H21Cl2LiN2O4S. The molecule has 0 aliphatic heterocycles. The second-order valence-electron chi connectivity index (χ2n) is 7.58. The van der Waals surface area contributed by atoms with Crippen LogP contribution >= 0.6 is 34.5 Å². The topological polar surface area (TPSA) is 88.5 Å². The van der Waals surface area contributed by atoms with E-state index >= 15 is 0 Å². The summed E-state index contributed by atoms with van der Waals surface area (Å²) in [6, 6.07) is 18.9. The molecule has 3 aromatic carbocycles. The van der Waals surface area contributed by atoms with Crippen molar-refractivity contribution in [3.63, 3.8) is 0 Å². The number of carboxylic acid groups (broad SMARTS) is 1. The van der Waals surface area contributed by atoms with Gasteiger partial charge in [-0.3, -0.25) is 4.79 Å². The van der Waals surface area contributed by atoms with Gasteiger partial charge in [0.1, 0.15) is 10.8 Å². The van der Waals surface area contributed by atoms with Crippen LogP contribution in [0.1, 0.15) is 31.3 Å². The van der Waals surface area contributed by atoms with Gasteiger partial charge in [0.2, 0.25) is 0 Å². The first-order chi connectivity index (χ1) is 16.8. The van der Waals surface area contributed by atoms with E-state index in [1.54, 1.807) is 17.4 Å². The van der Waals surface area contributed by atoms with Crippen LogP contribution < -0.4 is 10.1 Å². The van der Waals surface area contributed by atoms with Gasteiger partial charge in [-0.1, -0.05) is 53.5 Å². The minimum atomic E-state index is -1.20. The van der Waals surface area contributed by atoms with Gasteiger partial charge in [-0.2, -0.15) is 0 Å². The number of amides is 1. The van der Waals surface area contributed by atoms with Gasteiger partial charge in [0.15, 0.2) is 0 Å². The molecule has 0 saturated carbocycles. The number of ether oxygens (including phenoxy) is 1. The number of anilines is 1. The van der Waals surface area contributed by atoms with Crippen molar-refractivity contribution in [1.82, 2.24) is 4.98 Å². The SMILES string of the molecule is Cc1sc(-c2ccccc2)nc1CCOc1ccc(NC(=O)c2ccc(Cl)cc2Cl)c(C(=O)O)c1.[LiH]. The molecule has 0 saturated heterocycles. The molecule has 0 unspecified atom stereocenters. The van der Waals surface area contributed by atoms with Crippen LogP contribution in [0.25, 0.3) is 10.6 Å². The van der Waals surface area contributed by atoms with E-state index in [9.17, 15) is 14.7 Å². The fourth-order valence-electron chi connectivity index (χ4n) is 3.39. The third kappa shape index (κ3) is 6.70. The second-order valence-corrected chi connectivity index (χ2v) is 9.62. The fourth-order valence-corrected chi connectivity index (χ4v) is 4.85. The van der Waals surface area contributed by atoms with E-state index in [0.29, 0.717) is 23.8 Å². The summed E-state index contributed by atoms with van der Waals surface area (Å²) < 4.78 is 5.80. The molecule has 2 N–H and O–H groups in total. The Morgan fingerprint density at radius 3 is 2.47 bits per heavy atom. The molecule has 0 spiro atoms. The van der Waals surface area contributed by atoms with Crippen LogP contribution in [0.4, 0.5) is 5.69 Å². The molecule has 36 heavy (non-hydrogen) atoms. The predicted octanol–water partition coefficient (Wildman–Crippen LogP) is 6.35. The molecule has 6 nitrogen and oxygen atoms in total. The van der Waals surface area contributed by atoms with Crippen LogP contribution in [0.15, 0.2) is 66.7 Å². The number of benzene rings is 3. The summed E-state index contributed by atoms with van der Waals surface area (Å²) in [5.41, 5.74) is 2.22. The van der Waals surface area contributed by atoms with Gasteiger partial charge in [-0.05, 0) is 43.3 Å². The van der Waals surface area contributed by atoms with Gasteiger partial charge in [0.25, 0.3) is 5.91 Å². The van der Waals surface area contributed by atoms with E-state index < -0.39 is 11.9 Å². The standard InChI is InChI=1S/C26H20Cl2N2O4S.Li.H/c1-15-22(30-25(35-15)16-5-3-2-4-6-16)11-12-34-18-8-10-23(20(14-18)26(32)33)29-24(31)19-9-7-17(27)13-21(19)28;;/h2-10,13-14H,11-12H2,1H3,(H,29,31)(H,32,33);;. The Kier molecular flexibility index (Phi) is 9.61. The Labute approximate surface area is 234 Å². The minimum absolute atomic E-state index is 0. The third-order valence-electron chi connectivity index (χ3n) is 5.17. The van der Waals surface area contributed by atoms with Crippen molar-refractivity contribution in [3.05, 3.63) is 98.5 Å². The quantitative estimate of drug-likeness (QED) is 0.257. The average Bonchev–Trinajstić information content (AvgIpc) is 3.20. The van der Waals surface area contributed by atoms with E-state index in [-0.39, 0.29) is 40.7 Å². The molecule has 180 valence electrons. The molecule has 0 radical (unpaired) electrons. The first kappa shape index (κ1) is 27.8. The maximum absolute atomic E-state index is 12.6. The number of hydrogen-bond acceptors (Lipinski definition) is 5. The summed E-state index contributed by atoms with van der Waals surface area (Å²) in [4.78, 5) is 30.3. The number of carboxylic acids is 1. The van der Waals surface area contributed by atoms with E-state index in [2.05, 4.69) is 5.32 Å². The Hall–Kier alpha value is -2.79. The van der Waals surface area contributed by atoms with Gasteiger partial charge in [-0.25, -0.2) is 9.78 Å². The molecule has 4 rings (SSSR count). The van der Waals surface area contributed by atoms with E-state index in [1.165, 1.54) is 30.3 Å². The molecule has 1 amide bonds. The maximum atomic E-state index is 12.6. The molecule has 4 aromatic rings. The molecule has 0 bridgehead atoms. The van der Waals surface area contributed by atoms with Crippen molar-refractivity contribution in [2.45, 2.75) is 13.3 Å². The van der Waals surface area contributed by atoms with E-state index in [1.807, 2.05) is 37.3 Å². The summed E-state index contributed by atoms with van der Waals surface area (Å²) >= 11 is 13.6. The Morgan fingerprint density at radius 2 is 1.78 bits per heavy atom. The summed E-state index contributed by atoms with van der Waals surface area (Å²) in [7, 11) is 0. The molecule has 1 aromatic heterocycles. The zero-order valence-electron chi connectivity index (χ0n) is 18.5. The number of carbonyl (C=O) groups excluding carboxylic acids is 1. The number of aryl methyl sites for hydroxylation is 1. The number of nitrogens with zero attached hydrogens (tertiary/aromatic N) is 1. The van der Waals surface area contributed by atoms with Crippen LogP contribution in [-0.4, -0.2) is 47.4 Å². The van der Waals surface area contributed by atoms with Crippen LogP contribution in [-0.2, 0) is 6.42 Å². The summed E-state index contributed by atoms with van der Waals surface area (Å²) in [6.45, 7) is 2.34. The summed E-state index contributed by atoms with van der Waals surface area (Å²) in [6.07, 6.45) is 0.575. The van der Waals surface area contributed by atoms with E-state index in [0.717, 1.165) is 21.1 Å². The number of hydrogen-bond donors (Lipinski definition) is 2. The van der Waals surface area contributed by atoms with Crippen LogP contribution in [0.2, 0.25) is 10.0 Å². The number of rotatable bonds is 8. The Balaban J connectivity index is 0.00000361. The first-order valence-electron chi connectivity index (χ1n) is 10.6. The second kappa shape index (κ2) is 12.4. The van der Waals surface area contributed by atoms with Crippen molar-refractivity contribution in [1.29, 1.82) is 0 Å². The van der Waals surface area contributed by atoms with Gasteiger partial charge in [0.05, 0.1) is 34.1 Å². The van der Waals surface area contributed by atoms with Crippen molar-refractivity contribution in [2.24, 2.45) is 0 Å². The molecule has 1 heterocycles. The number of aromatic nitrogens is 1. The van der Waals surface area contributed by atoms with Crippen molar-refractivity contribution < 1.29 is 19.4 Å². The predicted molar refractivity (Wildman–Crippen MR) is 146 cm³/mol. The molecular weight excluding hydrogens is 514 g/mol. The number of thiazole rings is 1. The summed E-state index contributed by atoms with van der Waals surface area (Å²) in [5, 5.41) is 13.8. The Bertz CT molecular complexity index is 1400. The average molecular weight is 535 g/mol. The number of carbonyl (C=O) groups is 2. The molecule has 0 aliphatic carbocycles. The van der Waals surface area contributed by atoms with Gasteiger partial charge in [-0.15, -0.1) is 11.3 Å². The number of halogens is 2. The van der Waals surface area contributed by atoms with Gasteiger partial charge < -0.3 is 15.2 Å². The molecule has 10 heteroatoms. The Morgan fingerprint density at radius 1 is 1.03 bits per heavy atom. The fraction of sp³-hybridized carbons (Fsp3) is 0.115. The summed E-state index contributed by atoms with van der Waals surface area (Å²) in [5.74, 6) is -1.37. The van der Waals surface area contributed by atoms with Crippen LogP contribution in [0.3, 0.4) is 0 Å². The third-order valence-corrected chi connectivity index (χ3v) is 6.78. The molecule has 0 fully saturated rings. The zero-order valence-corrected chi connectivity index (χ0v) is 20.9. The van der Waals surface area contributed by atoms with Crippen molar-refractivity contribution in [3.8, 4) is 16.3 Å². The molecule has 0 atom stereocenters. The number of aromatic carboxylic acids is 1. The normalized spacial score (nSPS) is 10.4. The monoisotopic (exact) mass is 534 g/mol. The molecule has 0 aliphatic rings. The van der Waals surface area contributed by atoms with Gasteiger partial charge >= 0.3 is 24.8 Å². The van der Waals surface area contributed by atoms with Crippen LogP contribution in [0, 0.1) is 6.92 Å². The van der Waals surface area contributed by atoms with E-state index in [4.69, 9.17) is 32.9 Å². The van der Waals surface area contributed by atoms with Crippen molar-refractivity contribution in [2.75, 3.05) is 11.9 Å². The van der Waals surface area contributed by atoms with Crippen LogP contribution in [0.5, 0.6) is 5.75 Å². The first-order valence-corrected chi connectivity index (χ1v) is 12.2. The van der Waals surface area contributed by atoms with Crippen molar-refractivity contribution >= 4 is 71.0 Å². The number of nitrogens with one attached hydrogen (secondary N) is 1. The van der Waals surface area contributed by atoms with Gasteiger partial charge in [0, 0.05) is 21.9 Å².